The van der Waals surface area contributed by atoms with Gasteiger partial charge in [-0.15, -0.1) is 0 Å². The smallest absolute Gasteiger partial charge is 0.224 e. The second kappa shape index (κ2) is 11.3. The van der Waals surface area contributed by atoms with E-state index in [-0.39, 0.29) is 36.9 Å². The first-order chi connectivity index (χ1) is 17.4. The Balaban J connectivity index is 1.54. The lowest BCUT2D eigenvalue weighted by Crippen LogP contribution is -2.41. The Morgan fingerprint density at radius 3 is 2.75 bits per heavy atom. The van der Waals surface area contributed by atoms with Crippen LogP contribution in [0, 0.1) is 23.2 Å². The van der Waals surface area contributed by atoms with Gasteiger partial charge in [0.15, 0.2) is 5.78 Å². The molecule has 3 atom stereocenters. The summed E-state index contributed by atoms with van der Waals surface area (Å²) in [6.45, 7) is 0.566. The summed E-state index contributed by atoms with van der Waals surface area (Å²) in [7, 11) is 1.56. The van der Waals surface area contributed by atoms with E-state index in [4.69, 9.17) is 16.3 Å². The van der Waals surface area contributed by atoms with Crippen LogP contribution in [0.2, 0.25) is 5.02 Å². The molecular weight excluding hydrogens is 480 g/mol. The van der Waals surface area contributed by atoms with Crippen LogP contribution >= 0.6 is 11.6 Å². The lowest BCUT2D eigenvalue weighted by atomic mass is 9.91. The molecule has 2 heterocycles. The van der Waals surface area contributed by atoms with E-state index >= 15 is 0 Å². The highest BCUT2D eigenvalue weighted by Gasteiger charge is 2.30. The van der Waals surface area contributed by atoms with Crippen LogP contribution in [-0.4, -0.2) is 42.3 Å². The van der Waals surface area contributed by atoms with E-state index in [9.17, 15) is 19.6 Å². The molecule has 1 fully saturated rings. The topological polar surface area (TPSA) is 124 Å². The van der Waals surface area contributed by atoms with Crippen LogP contribution in [0.25, 0.3) is 10.9 Å². The van der Waals surface area contributed by atoms with Crippen molar-refractivity contribution in [3.8, 4) is 11.8 Å². The summed E-state index contributed by atoms with van der Waals surface area (Å²) >= 11 is 6.13. The fourth-order valence-corrected chi connectivity index (χ4v) is 4.80. The summed E-state index contributed by atoms with van der Waals surface area (Å²) in [5.74, 6) is -1.17. The SMILES string of the molecule is COc1cccc2[nH]c(C(=O)C[C@@H](Cc3cccc(Cl)c3)C(=O)N[C@H](C#N)C[C@@H]3CCNC3=O)cc12. The number of halogens is 1. The first-order valence-electron chi connectivity index (χ1n) is 11.8. The summed E-state index contributed by atoms with van der Waals surface area (Å²) in [4.78, 5) is 41.6. The molecule has 4 rings (SSSR count). The monoisotopic (exact) mass is 506 g/mol. The Hall–Kier alpha value is -3.83. The number of rotatable bonds is 10. The van der Waals surface area contributed by atoms with Gasteiger partial charge >= 0.3 is 0 Å². The van der Waals surface area contributed by atoms with Crippen molar-refractivity contribution < 1.29 is 19.1 Å². The molecule has 0 spiro atoms. The molecule has 2 aromatic carbocycles. The Labute approximate surface area is 214 Å². The number of aromatic amines is 1. The third-order valence-electron chi connectivity index (χ3n) is 6.47. The second-order valence-electron chi connectivity index (χ2n) is 8.97. The number of aromatic nitrogens is 1. The van der Waals surface area contributed by atoms with Gasteiger partial charge in [-0.25, -0.2) is 0 Å². The van der Waals surface area contributed by atoms with Crippen LogP contribution in [-0.2, 0) is 16.0 Å². The van der Waals surface area contributed by atoms with E-state index < -0.39 is 17.9 Å². The van der Waals surface area contributed by atoms with Gasteiger partial charge in [-0.2, -0.15) is 5.26 Å². The van der Waals surface area contributed by atoms with E-state index in [1.807, 2.05) is 24.3 Å². The van der Waals surface area contributed by atoms with E-state index in [2.05, 4.69) is 21.7 Å². The first kappa shape index (κ1) is 25.3. The van der Waals surface area contributed by atoms with Gasteiger partial charge in [0.2, 0.25) is 11.8 Å². The predicted octanol–water partition coefficient (Wildman–Crippen LogP) is 3.80. The van der Waals surface area contributed by atoms with E-state index in [0.29, 0.717) is 29.4 Å². The molecule has 1 aromatic heterocycles. The zero-order valence-corrected chi connectivity index (χ0v) is 20.6. The summed E-state index contributed by atoms with van der Waals surface area (Å²) in [5, 5.41) is 16.4. The molecule has 0 saturated carbocycles. The lowest BCUT2D eigenvalue weighted by Gasteiger charge is -2.20. The van der Waals surface area contributed by atoms with Gasteiger partial charge in [-0.05, 0) is 55.2 Å². The first-order valence-corrected chi connectivity index (χ1v) is 12.2. The van der Waals surface area contributed by atoms with Crippen LogP contribution in [0.4, 0.5) is 0 Å². The fraction of sp³-hybridized carbons (Fsp3) is 0.333. The minimum absolute atomic E-state index is 0.0739. The van der Waals surface area contributed by atoms with Crippen molar-refractivity contribution in [1.82, 2.24) is 15.6 Å². The number of hydrogen-bond donors (Lipinski definition) is 3. The molecule has 9 heteroatoms. The molecule has 1 aliphatic rings. The molecule has 3 aromatic rings. The van der Waals surface area contributed by atoms with E-state index in [1.54, 1.807) is 31.4 Å². The van der Waals surface area contributed by atoms with Crippen molar-refractivity contribution in [2.24, 2.45) is 11.8 Å². The van der Waals surface area contributed by atoms with Crippen molar-refractivity contribution in [1.29, 1.82) is 5.26 Å². The number of carbonyl (C=O) groups is 3. The van der Waals surface area contributed by atoms with Crippen molar-refractivity contribution in [3.63, 3.8) is 0 Å². The molecule has 1 aliphatic heterocycles. The number of nitriles is 1. The van der Waals surface area contributed by atoms with Crippen molar-refractivity contribution in [2.75, 3.05) is 13.7 Å². The van der Waals surface area contributed by atoms with Gasteiger partial charge < -0.3 is 20.4 Å². The number of ether oxygens (including phenoxy) is 1. The van der Waals surface area contributed by atoms with Crippen LogP contribution in [0.15, 0.2) is 48.5 Å². The normalized spacial score (nSPS) is 16.7. The molecule has 0 radical (unpaired) electrons. The number of carbonyl (C=O) groups excluding carboxylic acids is 3. The number of H-pyrrole nitrogens is 1. The molecule has 0 unspecified atom stereocenters. The largest absolute Gasteiger partial charge is 0.496 e. The van der Waals surface area contributed by atoms with Crippen LogP contribution in [0.5, 0.6) is 5.75 Å². The number of ketones is 1. The average molecular weight is 507 g/mol. The number of benzene rings is 2. The van der Waals surface area contributed by atoms with Gasteiger partial charge in [0.05, 0.1) is 18.9 Å². The fourth-order valence-electron chi connectivity index (χ4n) is 4.58. The van der Waals surface area contributed by atoms with Gasteiger partial charge in [-0.3, -0.25) is 14.4 Å². The Kier molecular flexibility index (Phi) is 7.91. The highest BCUT2D eigenvalue weighted by Crippen LogP contribution is 2.27. The van der Waals surface area contributed by atoms with Crippen molar-refractivity contribution >= 4 is 40.1 Å². The maximum absolute atomic E-state index is 13.3. The molecule has 2 amide bonds. The molecule has 3 N–H and O–H groups in total. The highest BCUT2D eigenvalue weighted by molar-refractivity contribution is 6.30. The van der Waals surface area contributed by atoms with Crippen LogP contribution in [0.3, 0.4) is 0 Å². The quantitative estimate of drug-likeness (QED) is 0.361. The molecule has 0 aliphatic carbocycles. The molecule has 8 nitrogen and oxygen atoms in total. The zero-order chi connectivity index (χ0) is 25.7. The Bertz CT molecular complexity index is 1330. The summed E-state index contributed by atoms with van der Waals surface area (Å²) in [5.41, 5.74) is 1.93. The molecule has 186 valence electrons. The number of fused-ring (bicyclic) bond motifs is 1. The summed E-state index contributed by atoms with van der Waals surface area (Å²) < 4.78 is 5.38. The zero-order valence-electron chi connectivity index (χ0n) is 19.8. The number of hydrogen-bond acceptors (Lipinski definition) is 5. The number of nitrogens with one attached hydrogen (secondary N) is 3. The molecular formula is C27H27ClN4O4. The minimum Gasteiger partial charge on any atom is -0.496 e. The summed E-state index contributed by atoms with van der Waals surface area (Å²) in [6, 6.07) is 15.6. The van der Waals surface area contributed by atoms with Crippen LogP contribution < -0.4 is 15.4 Å². The van der Waals surface area contributed by atoms with Gasteiger partial charge in [0.1, 0.15) is 11.8 Å². The highest BCUT2D eigenvalue weighted by atomic mass is 35.5. The van der Waals surface area contributed by atoms with E-state index in [0.717, 1.165) is 16.5 Å². The van der Waals surface area contributed by atoms with Crippen molar-refractivity contribution in [2.45, 2.75) is 31.7 Å². The minimum atomic E-state index is -0.833. The van der Waals surface area contributed by atoms with Gasteiger partial charge in [0.25, 0.3) is 0 Å². The Morgan fingerprint density at radius 1 is 1.25 bits per heavy atom. The number of amides is 2. The molecule has 0 bridgehead atoms. The predicted molar refractivity (Wildman–Crippen MR) is 136 cm³/mol. The standard InChI is InChI=1S/C27H27ClN4O4/c1-36-25-7-3-6-22-21(25)14-23(32-22)24(33)13-18(10-16-4-2-5-19(28)11-16)27(35)31-20(15-29)12-17-8-9-30-26(17)34/h2-7,11,14,17-18,20,32H,8-10,12-13H2,1H3,(H,30,34)(H,31,35)/t17-,18+,20-/m0/s1. The second-order valence-corrected chi connectivity index (χ2v) is 9.40. The van der Waals surface area contributed by atoms with Crippen LogP contribution in [0.1, 0.15) is 35.3 Å². The third kappa shape index (κ3) is 5.86. The molecule has 1 saturated heterocycles. The third-order valence-corrected chi connectivity index (χ3v) is 6.71. The van der Waals surface area contributed by atoms with E-state index in [1.165, 1.54) is 0 Å². The number of methoxy groups -OCH3 is 1. The van der Waals surface area contributed by atoms with Gasteiger partial charge in [0, 0.05) is 40.7 Å². The molecule has 36 heavy (non-hydrogen) atoms. The maximum atomic E-state index is 13.3. The lowest BCUT2D eigenvalue weighted by molar-refractivity contribution is -0.126. The average Bonchev–Trinajstić information content (AvgIpc) is 3.49. The maximum Gasteiger partial charge on any atom is 0.224 e. The number of Topliss-reactive ketones (excluding diaryl/α,β-unsaturated/α-hetero) is 1. The van der Waals surface area contributed by atoms with Gasteiger partial charge in [-0.1, -0.05) is 29.8 Å². The van der Waals surface area contributed by atoms with Crippen molar-refractivity contribution in [3.05, 3.63) is 64.8 Å². The summed E-state index contributed by atoms with van der Waals surface area (Å²) in [6.07, 6.45) is 1.05. The number of nitrogens with zero attached hydrogens (tertiary/aromatic N) is 1. The Morgan fingerprint density at radius 2 is 2.06 bits per heavy atom.